The van der Waals surface area contributed by atoms with Gasteiger partial charge in [-0.3, -0.25) is 9.59 Å². The minimum Gasteiger partial charge on any atom is -0.472 e. The van der Waals surface area contributed by atoms with Crippen molar-refractivity contribution < 1.29 is 27.9 Å². The second kappa shape index (κ2) is 8.01. The van der Waals surface area contributed by atoms with E-state index in [0.29, 0.717) is 35.5 Å². The second-order valence-electron chi connectivity index (χ2n) is 5.91. The van der Waals surface area contributed by atoms with Gasteiger partial charge in [0.15, 0.2) is 6.79 Å². The molecular weight excluding hydrogens is 343 g/mol. The number of halogens is 1. The highest BCUT2D eigenvalue weighted by atomic mass is 19.1. The molecule has 1 atom stereocenters. The van der Waals surface area contributed by atoms with Crippen molar-refractivity contribution >= 4 is 11.8 Å². The van der Waals surface area contributed by atoms with Gasteiger partial charge in [0.1, 0.15) is 23.9 Å². The van der Waals surface area contributed by atoms with Crippen LogP contribution in [0, 0.1) is 5.82 Å². The highest BCUT2D eigenvalue weighted by Gasteiger charge is 2.19. The van der Waals surface area contributed by atoms with Crippen LogP contribution in [0.1, 0.15) is 28.4 Å². The molecule has 138 valence electrons. The zero-order chi connectivity index (χ0) is 18.5. The average Bonchev–Trinajstić information content (AvgIpc) is 3.16. The van der Waals surface area contributed by atoms with E-state index in [9.17, 15) is 14.0 Å². The van der Waals surface area contributed by atoms with Crippen LogP contribution in [0.15, 0.2) is 35.1 Å². The van der Waals surface area contributed by atoms with Crippen LogP contribution in [-0.4, -0.2) is 31.2 Å². The third-order valence-electron chi connectivity index (χ3n) is 3.97. The molecule has 2 aromatic rings. The quantitative estimate of drug-likeness (QED) is 0.817. The topological polar surface area (TPSA) is 89.8 Å². The first-order valence-corrected chi connectivity index (χ1v) is 8.17. The fourth-order valence-electron chi connectivity index (χ4n) is 2.66. The number of nitrogens with one attached hydrogen (secondary N) is 2. The Labute approximate surface area is 149 Å². The molecule has 0 bridgehead atoms. The maximum Gasteiger partial charge on any atom is 0.255 e. The highest BCUT2D eigenvalue weighted by molar-refractivity contribution is 5.97. The number of rotatable bonds is 6. The lowest BCUT2D eigenvalue weighted by atomic mass is 10.1. The molecule has 0 aliphatic carbocycles. The van der Waals surface area contributed by atoms with E-state index in [1.54, 1.807) is 6.92 Å². The molecule has 2 heterocycles. The van der Waals surface area contributed by atoms with E-state index in [1.807, 2.05) is 0 Å². The Balaban J connectivity index is 1.52. The molecule has 1 aliphatic rings. The summed E-state index contributed by atoms with van der Waals surface area (Å²) >= 11 is 0. The van der Waals surface area contributed by atoms with Crippen LogP contribution in [0.4, 0.5) is 4.39 Å². The first kappa shape index (κ1) is 17.9. The van der Waals surface area contributed by atoms with Crippen molar-refractivity contribution in [1.82, 2.24) is 10.6 Å². The van der Waals surface area contributed by atoms with Gasteiger partial charge in [-0.05, 0) is 37.1 Å². The minimum absolute atomic E-state index is 0.120. The van der Waals surface area contributed by atoms with Gasteiger partial charge in [-0.2, -0.15) is 0 Å². The van der Waals surface area contributed by atoms with Gasteiger partial charge in [-0.25, -0.2) is 4.39 Å². The number of furan rings is 1. The molecule has 0 fully saturated rings. The number of fused-ring (bicyclic) bond motifs is 1. The molecule has 1 aromatic carbocycles. The fraction of sp³-hybridized carbons (Fsp3) is 0.333. The molecule has 0 spiro atoms. The smallest absolute Gasteiger partial charge is 0.255 e. The Morgan fingerprint density at radius 1 is 1.35 bits per heavy atom. The summed E-state index contributed by atoms with van der Waals surface area (Å²) < 4.78 is 29.1. The van der Waals surface area contributed by atoms with E-state index in [4.69, 9.17) is 13.9 Å². The van der Waals surface area contributed by atoms with Gasteiger partial charge in [0.25, 0.3) is 5.91 Å². The predicted octanol–water partition coefficient (Wildman–Crippen LogP) is 1.76. The highest BCUT2D eigenvalue weighted by Crippen LogP contribution is 2.29. The number of ether oxygens (including phenoxy) is 2. The first-order chi connectivity index (χ1) is 12.5. The van der Waals surface area contributed by atoms with Crippen LogP contribution in [0.3, 0.4) is 0 Å². The normalized spacial score (nSPS) is 14.1. The molecule has 2 amide bonds. The average molecular weight is 362 g/mol. The van der Waals surface area contributed by atoms with Crippen molar-refractivity contribution in [3.8, 4) is 5.75 Å². The number of carbonyl (C=O) groups is 2. The Morgan fingerprint density at radius 2 is 2.19 bits per heavy atom. The third kappa shape index (κ3) is 4.20. The largest absolute Gasteiger partial charge is 0.472 e. The number of amides is 2. The van der Waals surface area contributed by atoms with E-state index in [0.717, 1.165) is 0 Å². The Hall–Kier alpha value is -2.87. The van der Waals surface area contributed by atoms with E-state index in [1.165, 1.54) is 30.7 Å². The fourth-order valence-corrected chi connectivity index (χ4v) is 2.66. The lowest BCUT2D eigenvalue weighted by Crippen LogP contribution is -2.45. The van der Waals surface area contributed by atoms with Crippen molar-refractivity contribution in [2.24, 2.45) is 0 Å². The van der Waals surface area contributed by atoms with Gasteiger partial charge in [0, 0.05) is 12.1 Å². The SMILES string of the molecule is CC(NC(=O)c1ccoc1)C(=O)NCCc1cc(F)cc2c1OCOC2. The predicted molar refractivity (Wildman–Crippen MR) is 89.0 cm³/mol. The molecule has 0 saturated heterocycles. The van der Waals surface area contributed by atoms with Crippen LogP contribution in [0.25, 0.3) is 0 Å². The van der Waals surface area contributed by atoms with Crippen molar-refractivity contribution in [1.29, 1.82) is 0 Å². The molecule has 1 aromatic heterocycles. The first-order valence-electron chi connectivity index (χ1n) is 8.17. The van der Waals surface area contributed by atoms with Crippen molar-refractivity contribution in [3.63, 3.8) is 0 Å². The third-order valence-corrected chi connectivity index (χ3v) is 3.97. The monoisotopic (exact) mass is 362 g/mol. The van der Waals surface area contributed by atoms with Crippen LogP contribution < -0.4 is 15.4 Å². The van der Waals surface area contributed by atoms with Gasteiger partial charge >= 0.3 is 0 Å². The molecule has 26 heavy (non-hydrogen) atoms. The van der Waals surface area contributed by atoms with E-state index in [2.05, 4.69) is 10.6 Å². The lowest BCUT2D eigenvalue weighted by molar-refractivity contribution is -0.122. The Kier molecular flexibility index (Phi) is 5.52. The van der Waals surface area contributed by atoms with Crippen LogP contribution >= 0.6 is 0 Å². The second-order valence-corrected chi connectivity index (χ2v) is 5.91. The molecular formula is C18H19FN2O5. The minimum atomic E-state index is -0.719. The van der Waals surface area contributed by atoms with Gasteiger partial charge < -0.3 is 24.5 Å². The van der Waals surface area contributed by atoms with Gasteiger partial charge in [0.2, 0.25) is 5.91 Å². The molecule has 7 nitrogen and oxygen atoms in total. The molecule has 2 N–H and O–H groups in total. The van der Waals surface area contributed by atoms with Gasteiger partial charge in [-0.1, -0.05) is 0 Å². The maximum absolute atomic E-state index is 13.7. The zero-order valence-electron chi connectivity index (χ0n) is 14.2. The van der Waals surface area contributed by atoms with Crippen molar-refractivity contribution in [3.05, 3.63) is 53.2 Å². The number of benzene rings is 1. The molecule has 1 unspecified atom stereocenters. The van der Waals surface area contributed by atoms with Crippen LogP contribution in [0.5, 0.6) is 5.75 Å². The standard InChI is InChI=1S/C18H19FN2O5/c1-11(21-18(23)13-3-5-24-8-13)17(22)20-4-2-12-6-15(19)7-14-9-25-10-26-16(12)14/h3,5-8,11H,2,4,9-10H2,1H3,(H,20,22)(H,21,23). The molecule has 0 saturated carbocycles. The summed E-state index contributed by atoms with van der Waals surface area (Å²) in [7, 11) is 0. The maximum atomic E-state index is 13.7. The Morgan fingerprint density at radius 3 is 2.96 bits per heavy atom. The summed E-state index contributed by atoms with van der Waals surface area (Å²) in [5.74, 6) is -0.501. The summed E-state index contributed by atoms with van der Waals surface area (Å²) in [6.45, 7) is 2.28. The Bertz CT molecular complexity index is 791. The van der Waals surface area contributed by atoms with E-state index in [-0.39, 0.29) is 25.1 Å². The van der Waals surface area contributed by atoms with Gasteiger partial charge in [0.05, 0.1) is 18.4 Å². The summed E-state index contributed by atoms with van der Waals surface area (Å²) in [6, 6.07) is 3.56. The molecule has 0 radical (unpaired) electrons. The molecule has 1 aliphatic heterocycles. The lowest BCUT2D eigenvalue weighted by Gasteiger charge is -2.21. The molecule has 3 rings (SSSR count). The number of hydrogen-bond donors (Lipinski definition) is 2. The van der Waals surface area contributed by atoms with E-state index >= 15 is 0 Å². The van der Waals surface area contributed by atoms with Crippen LogP contribution in [0.2, 0.25) is 0 Å². The zero-order valence-corrected chi connectivity index (χ0v) is 14.2. The summed E-state index contributed by atoms with van der Waals surface area (Å²) in [6.07, 6.45) is 3.08. The van der Waals surface area contributed by atoms with Crippen molar-refractivity contribution in [2.75, 3.05) is 13.3 Å². The van der Waals surface area contributed by atoms with Gasteiger partial charge in [-0.15, -0.1) is 0 Å². The molecule has 8 heteroatoms. The van der Waals surface area contributed by atoms with Crippen LogP contribution in [-0.2, 0) is 22.6 Å². The summed E-state index contributed by atoms with van der Waals surface area (Å²) in [5, 5.41) is 5.30. The summed E-state index contributed by atoms with van der Waals surface area (Å²) in [4.78, 5) is 24.0. The number of carbonyl (C=O) groups excluding carboxylic acids is 2. The summed E-state index contributed by atoms with van der Waals surface area (Å²) in [5.41, 5.74) is 1.66. The van der Waals surface area contributed by atoms with E-state index < -0.39 is 11.9 Å². The van der Waals surface area contributed by atoms with Crippen molar-refractivity contribution in [2.45, 2.75) is 26.0 Å². The number of hydrogen-bond acceptors (Lipinski definition) is 5.